The Hall–Kier alpha value is 0.140. The fourth-order valence-corrected chi connectivity index (χ4v) is 1.98. The first-order chi connectivity index (χ1) is 4.17. The van der Waals surface area contributed by atoms with Crippen LogP contribution in [0.5, 0.6) is 0 Å². The minimum Gasteiger partial charge on any atom is -0.251 e. The third-order valence-electron chi connectivity index (χ3n) is 1.40. The summed E-state index contributed by atoms with van der Waals surface area (Å²) < 4.78 is 36.4. The standard InChI is InChI=1S/C5H7F3S/c6-1-4-2-9-3-5(4,7)8/h4H,1-3H2. The Labute approximate surface area is 55.8 Å². The first-order valence-electron chi connectivity index (χ1n) is 2.68. The Morgan fingerprint density at radius 1 is 1.56 bits per heavy atom. The summed E-state index contributed by atoms with van der Waals surface area (Å²) in [6.45, 7) is -0.889. The van der Waals surface area contributed by atoms with Crippen molar-refractivity contribution in [2.24, 2.45) is 5.92 Å². The Kier molecular flexibility index (Phi) is 1.94. The largest absolute Gasteiger partial charge is 0.263 e. The highest BCUT2D eigenvalue weighted by molar-refractivity contribution is 7.99. The van der Waals surface area contributed by atoms with Gasteiger partial charge in [-0.05, 0) is 0 Å². The van der Waals surface area contributed by atoms with E-state index in [0.29, 0.717) is 0 Å². The van der Waals surface area contributed by atoms with Crippen molar-refractivity contribution in [1.82, 2.24) is 0 Å². The molecule has 1 heterocycles. The van der Waals surface area contributed by atoms with E-state index in [1.807, 2.05) is 0 Å². The van der Waals surface area contributed by atoms with Crippen LogP contribution in [0, 0.1) is 5.92 Å². The van der Waals surface area contributed by atoms with E-state index in [2.05, 4.69) is 0 Å². The van der Waals surface area contributed by atoms with Crippen molar-refractivity contribution in [3.8, 4) is 0 Å². The minimum atomic E-state index is -2.75. The number of thioether (sulfide) groups is 1. The average Bonchev–Trinajstić information content (AvgIpc) is 2.08. The lowest BCUT2D eigenvalue weighted by molar-refractivity contribution is -0.0260. The summed E-state index contributed by atoms with van der Waals surface area (Å²) in [5.41, 5.74) is 0. The molecule has 54 valence electrons. The van der Waals surface area contributed by atoms with Gasteiger partial charge in [-0.15, -0.1) is 0 Å². The number of halogens is 3. The molecule has 0 aliphatic carbocycles. The first kappa shape index (κ1) is 7.25. The van der Waals surface area contributed by atoms with Gasteiger partial charge in [0, 0.05) is 5.75 Å². The summed E-state index contributed by atoms with van der Waals surface area (Å²) in [5.74, 6) is -3.72. The minimum absolute atomic E-state index is 0.207. The molecular weight excluding hydrogens is 149 g/mol. The van der Waals surface area contributed by atoms with Crippen LogP contribution in [0.15, 0.2) is 0 Å². The van der Waals surface area contributed by atoms with Crippen molar-refractivity contribution >= 4 is 11.8 Å². The highest BCUT2D eigenvalue weighted by Gasteiger charge is 2.44. The molecule has 0 saturated carbocycles. The van der Waals surface area contributed by atoms with E-state index in [0.717, 1.165) is 11.8 Å². The second-order valence-corrected chi connectivity index (χ2v) is 3.16. The second kappa shape index (κ2) is 2.40. The fourth-order valence-electron chi connectivity index (χ4n) is 0.734. The first-order valence-corrected chi connectivity index (χ1v) is 3.84. The summed E-state index contributed by atoms with van der Waals surface area (Å²) >= 11 is 1.12. The third-order valence-corrected chi connectivity index (χ3v) is 2.62. The van der Waals surface area contributed by atoms with Gasteiger partial charge in [0.15, 0.2) is 0 Å². The topological polar surface area (TPSA) is 0 Å². The lowest BCUT2D eigenvalue weighted by Crippen LogP contribution is -2.27. The highest BCUT2D eigenvalue weighted by atomic mass is 32.2. The van der Waals surface area contributed by atoms with E-state index in [1.54, 1.807) is 0 Å². The molecule has 1 aliphatic rings. The molecule has 0 radical (unpaired) electrons. The second-order valence-electron chi connectivity index (χ2n) is 2.13. The zero-order chi connectivity index (χ0) is 6.91. The van der Waals surface area contributed by atoms with Crippen LogP contribution in [-0.4, -0.2) is 24.1 Å². The molecule has 0 N–H and O–H groups in total. The SMILES string of the molecule is FCC1CSCC1(F)F. The number of hydrogen-bond acceptors (Lipinski definition) is 1. The van der Waals surface area contributed by atoms with Crippen molar-refractivity contribution in [2.45, 2.75) is 5.92 Å². The van der Waals surface area contributed by atoms with Gasteiger partial charge in [-0.1, -0.05) is 0 Å². The molecule has 0 nitrogen and oxygen atoms in total. The molecule has 1 rings (SSSR count). The number of rotatable bonds is 1. The van der Waals surface area contributed by atoms with Crippen molar-refractivity contribution in [3.05, 3.63) is 0 Å². The van der Waals surface area contributed by atoms with Crippen LogP contribution in [0.3, 0.4) is 0 Å². The lowest BCUT2D eigenvalue weighted by Gasteiger charge is -2.12. The molecule has 9 heavy (non-hydrogen) atoms. The van der Waals surface area contributed by atoms with Crippen LogP contribution in [0.2, 0.25) is 0 Å². The molecule has 0 aromatic carbocycles. The zero-order valence-corrected chi connectivity index (χ0v) is 5.56. The van der Waals surface area contributed by atoms with Gasteiger partial charge in [-0.25, -0.2) is 8.78 Å². The maximum absolute atomic E-state index is 12.3. The van der Waals surface area contributed by atoms with Crippen molar-refractivity contribution in [3.63, 3.8) is 0 Å². The Balaban J connectivity index is 2.52. The average molecular weight is 156 g/mol. The quantitative estimate of drug-likeness (QED) is 0.559. The molecule has 1 saturated heterocycles. The molecular formula is C5H7F3S. The van der Waals surface area contributed by atoms with Crippen LogP contribution >= 0.6 is 11.8 Å². The number of hydrogen-bond donors (Lipinski definition) is 0. The maximum atomic E-state index is 12.3. The van der Waals surface area contributed by atoms with Gasteiger partial charge in [0.05, 0.1) is 18.3 Å². The Bertz CT molecular complexity index is 104. The van der Waals surface area contributed by atoms with E-state index >= 15 is 0 Å². The smallest absolute Gasteiger partial charge is 0.251 e. The van der Waals surface area contributed by atoms with Crippen molar-refractivity contribution in [1.29, 1.82) is 0 Å². The third kappa shape index (κ3) is 1.34. The van der Waals surface area contributed by atoms with E-state index in [1.165, 1.54) is 0 Å². The summed E-state index contributed by atoms with van der Waals surface area (Å²) in [4.78, 5) is 0. The van der Waals surface area contributed by atoms with Gasteiger partial charge in [0.2, 0.25) is 0 Å². The summed E-state index contributed by atoms with van der Waals surface area (Å²) in [6, 6.07) is 0. The Morgan fingerprint density at radius 2 is 2.22 bits per heavy atom. The highest BCUT2D eigenvalue weighted by Crippen LogP contribution is 2.38. The van der Waals surface area contributed by atoms with Gasteiger partial charge in [0.25, 0.3) is 5.92 Å². The molecule has 0 aromatic rings. The van der Waals surface area contributed by atoms with E-state index in [4.69, 9.17) is 0 Å². The summed E-state index contributed by atoms with van der Waals surface area (Å²) in [5, 5.41) is 0. The molecule has 0 bridgehead atoms. The fraction of sp³-hybridized carbons (Fsp3) is 1.00. The summed E-state index contributed by atoms with van der Waals surface area (Å²) in [7, 11) is 0. The van der Waals surface area contributed by atoms with E-state index in [-0.39, 0.29) is 11.5 Å². The van der Waals surface area contributed by atoms with Gasteiger partial charge in [-0.2, -0.15) is 11.8 Å². The Morgan fingerprint density at radius 3 is 2.44 bits per heavy atom. The lowest BCUT2D eigenvalue weighted by atomic mass is 10.1. The van der Waals surface area contributed by atoms with Crippen LogP contribution < -0.4 is 0 Å². The molecule has 1 unspecified atom stereocenters. The van der Waals surface area contributed by atoms with Crippen LogP contribution in [0.4, 0.5) is 13.2 Å². The van der Waals surface area contributed by atoms with Crippen LogP contribution in [0.1, 0.15) is 0 Å². The zero-order valence-electron chi connectivity index (χ0n) is 4.74. The maximum Gasteiger partial charge on any atom is 0.263 e. The predicted molar refractivity (Wildman–Crippen MR) is 31.7 cm³/mol. The van der Waals surface area contributed by atoms with E-state index in [9.17, 15) is 13.2 Å². The van der Waals surface area contributed by atoms with Gasteiger partial charge in [0.1, 0.15) is 0 Å². The number of alkyl halides is 3. The molecule has 4 heteroatoms. The van der Waals surface area contributed by atoms with E-state index < -0.39 is 18.5 Å². The van der Waals surface area contributed by atoms with Crippen molar-refractivity contribution in [2.75, 3.05) is 18.2 Å². The van der Waals surface area contributed by atoms with Gasteiger partial charge in [-0.3, -0.25) is 4.39 Å². The molecule has 0 aromatic heterocycles. The van der Waals surface area contributed by atoms with Gasteiger partial charge < -0.3 is 0 Å². The molecule has 1 atom stereocenters. The molecule has 1 fully saturated rings. The summed E-state index contributed by atoms with van der Waals surface area (Å²) in [6.07, 6.45) is 0. The predicted octanol–water partition coefficient (Wildman–Crippen LogP) is 1.95. The van der Waals surface area contributed by atoms with Crippen LogP contribution in [0.25, 0.3) is 0 Å². The monoisotopic (exact) mass is 156 g/mol. The normalized spacial score (nSPS) is 33.0. The van der Waals surface area contributed by atoms with Gasteiger partial charge >= 0.3 is 0 Å². The van der Waals surface area contributed by atoms with Crippen LogP contribution in [-0.2, 0) is 0 Å². The molecule has 0 amide bonds. The molecule has 1 aliphatic heterocycles. The van der Waals surface area contributed by atoms with Crippen molar-refractivity contribution < 1.29 is 13.2 Å². The molecule has 0 spiro atoms.